The first-order valence-corrected chi connectivity index (χ1v) is 7.15. The molecule has 1 heterocycles. The fourth-order valence-corrected chi connectivity index (χ4v) is 2.22. The first-order valence-electron chi connectivity index (χ1n) is 6.77. The molecule has 2 aromatic carbocycles. The lowest BCUT2D eigenvalue weighted by molar-refractivity contribution is -0.317. The maximum Gasteiger partial charge on any atom is 0.492 e. The smallest absolute Gasteiger partial charge is 0.424 e. The Morgan fingerprint density at radius 3 is 2.32 bits per heavy atom. The van der Waals surface area contributed by atoms with Gasteiger partial charge in [0.1, 0.15) is 5.82 Å². The summed E-state index contributed by atoms with van der Waals surface area (Å²) in [5.74, 6) is -4.48. The quantitative estimate of drug-likeness (QED) is 0.769. The fraction of sp³-hybridized carbons (Fsp3) is 0.133. The van der Waals surface area contributed by atoms with Gasteiger partial charge in [-0.1, -0.05) is 11.6 Å². The third kappa shape index (κ3) is 3.41. The average Bonchev–Trinajstić information content (AvgIpc) is 2.87. The van der Waals surface area contributed by atoms with Crippen LogP contribution >= 0.6 is 11.6 Å². The number of anilines is 1. The van der Waals surface area contributed by atoms with Gasteiger partial charge >= 0.3 is 18.1 Å². The van der Waals surface area contributed by atoms with Crippen molar-refractivity contribution in [2.24, 2.45) is 0 Å². The summed E-state index contributed by atoms with van der Waals surface area (Å²) in [5, 5.41) is 3.87. The number of fused-ring (bicyclic) bond motifs is 1. The summed E-state index contributed by atoms with van der Waals surface area (Å²) in [5.41, 5.74) is 0.0785. The minimum atomic E-state index is -5.10. The Kier molecular flexibility index (Phi) is 4.11. The Labute approximate surface area is 143 Å². The van der Waals surface area contributed by atoms with Gasteiger partial charge in [-0.25, -0.2) is 9.18 Å². The van der Waals surface area contributed by atoms with E-state index in [1.807, 2.05) is 0 Å². The van der Waals surface area contributed by atoms with E-state index in [-0.39, 0.29) is 22.2 Å². The number of rotatable bonds is 2. The van der Waals surface area contributed by atoms with Crippen LogP contribution in [0.2, 0.25) is 5.02 Å². The normalized spacial score (nSPS) is 18.8. The number of carbonyl (C=O) groups is 1. The average molecular weight is 377 g/mol. The monoisotopic (exact) mass is 376 g/mol. The summed E-state index contributed by atoms with van der Waals surface area (Å²) < 4.78 is 62.8. The van der Waals surface area contributed by atoms with E-state index in [4.69, 9.17) is 21.1 Å². The van der Waals surface area contributed by atoms with Crippen LogP contribution in [0.1, 0.15) is 0 Å². The lowest BCUT2D eigenvalue weighted by atomic mass is 10.3. The number of urea groups is 1. The van der Waals surface area contributed by atoms with Crippen LogP contribution in [0.25, 0.3) is 0 Å². The summed E-state index contributed by atoms with van der Waals surface area (Å²) in [6.07, 6.45) is -5.10. The number of hydrogen-bond donors (Lipinski definition) is 2. The van der Waals surface area contributed by atoms with E-state index in [0.717, 1.165) is 18.2 Å². The van der Waals surface area contributed by atoms with Gasteiger partial charge in [0.2, 0.25) is 0 Å². The molecule has 1 atom stereocenters. The minimum absolute atomic E-state index is 0.0785. The van der Waals surface area contributed by atoms with Crippen molar-refractivity contribution in [1.82, 2.24) is 5.32 Å². The second kappa shape index (κ2) is 5.99. The Bertz CT molecular complexity index is 813. The Morgan fingerprint density at radius 1 is 1.04 bits per heavy atom. The molecule has 0 fully saturated rings. The number of halogens is 5. The molecule has 132 valence electrons. The van der Waals surface area contributed by atoms with Crippen LogP contribution in [0, 0.1) is 5.82 Å². The Hall–Kier alpha value is -2.68. The zero-order valence-corrected chi connectivity index (χ0v) is 12.9. The molecule has 1 aliphatic heterocycles. The van der Waals surface area contributed by atoms with Crippen LogP contribution in [-0.4, -0.2) is 18.1 Å². The van der Waals surface area contributed by atoms with Crippen LogP contribution in [0.15, 0.2) is 42.5 Å². The van der Waals surface area contributed by atoms with E-state index >= 15 is 0 Å². The number of amides is 2. The highest BCUT2D eigenvalue weighted by molar-refractivity contribution is 6.30. The molecule has 25 heavy (non-hydrogen) atoms. The summed E-state index contributed by atoms with van der Waals surface area (Å²) in [6, 6.07) is 6.80. The van der Waals surface area contributed by atoms with Gasteiger partial charge in [-0.3, -0.25) is 5.32 Å². The number of benzene rings is 2. The molecule has 0 saturated heterocycles. The molecule has 0 aromatic heterocycles. The van der Waals surface area contributed by atoms with Gasteiger partial charge in [0.25, 0.3) is 0 Å². The summed E-state index contributed by atoms with van der Waals surface area (Å²) in [6.45, 7) is 0. The first-order chi connectivity index (χ1) is 11.7. The lowest BCUT2D eigenvalue weighted by Gasteiger charge is -2.29. The van der Waals surface area contributed by atoms with E-state index in [9.17, 15) is 22.4 Å². The highest BCUT2D eigenvalue weighted by Gasteiger charge is 2.65. The van der Waals surface area contributed by atoms with E-state index < -0.39 is 23.9 Å². The number of hydrogen-bond acceptors (Lipinski definition) is 3. The van der Waals surface area contributed by atoms with Crippen molar-refractivity contribution in [2.45, 2.75) is 12.1 Å². The highest BCUT2D eigenvalue weighted by atomic mass is 35.5. The Morgan fingerprint density at radius 2 is 1.68 bits per heavy atom. The second-order valence-corrected chi connectivity index (χ2v) is 5.43. The maximum absolute atomic E-state index is 13.5. The molecule has 5 nitrogen and oxygen atoms in total. The van der Waals surface area contributed by atoms with Crippen LogP contribution < -0.4 is 20.1 Å². The van der Waals surface area contributed by atoms with Gasteiger partial charge in [-0.2, -0.15) is 13.2 Å². The van der Waals surface area contributed by atoms with Gasteiger partial charge in [0, 0.05) is 16.8 Å². The molecule has 10 heteroatoms. The van der Waals surface area contributed by atoms with Crippen molar-refractivity contribution in [2.75, 3.05) is 5.32 Å². The maximum atomic E-state index is 13.5. The van der Waals surface area contributed by atoms with E-state index in [2.05, 4.69) is 5.32 Å². The summed E-state index contributed by atoms with van der Waals surface area (Å²) in [4.78, 5) is 11.9. The molecule has 0 saturated carbocycles. The van der Waals surface area contributed by atoms with E-state index in [1.165, 1.54) is 24.3 Å². The van der Waals surface area contributed by atoms with Crippen LogP contribution in [-0.2, 0) is 0 Å². The van der Waals surface area contributed by atoms with Gasteiger partial charge < -0.3 is 14.8 Å². The van der Waals surface area contributed by atoms with Crippen molar-refractivity contribution in [3.05, 3.63) is 53.3 Å². The molecule has 0 bridgehead atoms. The SMILES string of the molecule is O=C(Nc1ccc(F)cc1)N[C@]1(C(F)(F)F)Oc2ccc(Cl)cc2O1. The minimum Gasteiger partial charge on any atom is -0.424 e. The van der Waals surface area contributed by atoms with E-state index in [1.54, 1.807) is 5.32 Å². The lowest BCUT2D eigenvalue weighted by Crippen LogP contribution is -2.65. The Balaban J connectivity index is 1.81. The third-order valence-electron chi connectivity index (χ3n) is 3.17. The van der Waals surface area contributed by atoms with Gasteiger partial charge in [0.15, 0.2) is 11.5 Å². The molecular formula is C15H9ClF4N2O3. The zero-order chi connectivity index (χ0) is 18.2. The van der Waals surface area contributed by atoms with Crippen molar-refractivity contribution in [3.8, 4) is 11.5 Å². The second-order valence-electron chi connectivity index (χ2n) is 5.00. The standard InChI is InChI=1S/C15H9ClF4N2O3/c16-8-1-6-11-12(7-8)25-15(24-11,14(18,19)20)22-13(23)21-10-4-2-9(17)3-5-10/h1-7H,(H2,21,22,23)/t15-/m1/s1. The molecule has 0 radical (unpaired) electrons. The van der Waals surface area contributed by atoms with Crippen molar-refractivity contribution in [3.63, 3.8) is 0 Å². The van der Waals surface area contributed by atoms with Gasteiger partial charge in [0.05, 0.1) is 0 Å². The predicted molar refractivity (Wildman–Crippen MR) is 80.0 cm³/mol. The number of carbonyl (C=O) groups excluding carboxylic acids is 1. The molecule has 2 amide bonds. The zero-order valence-electron chi connectivity index (χ0n) is 12.2. The number of ether oxygens (including phenoxy) is 2. The van der Waals surface area contributed by atoms with Gasteiger partial charge in [-0.05, 0) is 36.4 Å². The molecular weight excluding hydrogens is 368 g/mol. The first kappa shape index (κ1) is 17.2. The molecule has 2 N–H and O–H groups in total. The molecule has 1 aliphatic rings. The highest BCUT2D eigenvalue weighted by Crippen LogP contribution is 2.46. The summed E-state index contributed by atoms with van der Waals surface area (Å²) in [7, 11) is 0. The molecule has 0 aliphatic carbocycles. The topological polar surface area (TPSA) is 59.6 Å². The third-order valence-corrected chi connectivity index (χ3v) is 3.40. The number of alkyl halides is 3. The fourth-order valence-electron chi connectivity index (χ4n) is 2.06. The number of nitrogens with one attached hydrogen (secondary N) is 2. The van der Waals surface area contributed by atoms with Gasteiger partial charge in [-0.15, -0.1) is 0 Å². The van der Waals surface area contributed by atoms with Crippen molar-refractivity contribution in [1.29, 1.82) is 0 Å². The summed E-state index contributed by atoms with van der Waals surface area (Å²) >= 11 is 5.71. The molecule has 0 unspecified atom stereocenters. The van der Waals surface area contributed by atoms with Crippen LogP contribution in [0.5, 0.6) is 11.5 Å². The predicted octanol–water partition coefficient (Wildman–Crippen LogP) is 4.29. The molecule has 0 spiro atoms. The largest absolute Gasteiger partial charge is 0.492 e. The van der Waals surface area contributed by atoms with Crippen molar-refractivity contribution < 1.29 is 31.8 Å². The molecule has 2 aromatic rings. The van der Waals surface area contributed by atoms with Crippen molar-refractivity contribution >= 4 is 23.3 Å². The van der Waals surface area contributed by atoms with E-state index in [0.29, 0.717) is 0 Å². The van der Waals surface area contributed by atoms with Crippen LogP contribution in [0.4, 0.5) is 28.0 Å². The van der Waals surface area contributed by atoms with Crippen LogP contribution in [0.3, 0.4) is 0 Å². The molecule has 3 rings (SSSR count).